The number of benzene rings is 2. The molecule has 0 bridgehead atoms. The Bertz CT molecular complexity index is 762. The summed E-state index contributed by atoms with van der Waals surface area (Å²) in [6.45, 7) is 2.42. The molecule has 0 fully saturated rings. The van der Waals surface area contributed by atoms with Crippen molar-refractivity contribution < 1.29 is 90.2 Å². The molecule has 0 saturated heterocycles. The summed E-state index contributed by atoms with van der Waals surface area (Å²) in [4.78, 5) is 42.2. The minimum Gasteiger partial charge on any atom is -0.545 e. The van der Waals surface area contributed by atoms with E-state index in [1.54, 1.807) is 18.2 Å². The Balaban J connectivity index is 0.000000483. The summed E-state index contributed by atoms with van der Waals surface area (Å²) >= 11 is 0. The molecule has 0 aliphatic rings. The van der Waals surface area contributed by atoms with Gasteiger partial charge in [-0.25, -0.2) is 4.79 Å². The second kappa shape index (κ2) is 12.4. The van der Waals surface area contributed by atoms with E-state index in [9.17, 15) is 24.3 Å². The largest absolute Gasteiger partial charge is 1.00 e. The number of esters is 2. The molecular formula is C18H15KO8. The summed E-state index contributed by atoms with van der Waals surface area (Å²) in [5.41, 5.74) is -0.143. The van der Waals surface area contributed by atoms with E-state index >= 15 is 0 Å². The average Bonchev–Trinajstić information content (AvgIpc) is 2.55. The first-order valence-corrected chi connectivity index (χ1v) is 7.22. The SMILES string of the molecule is CC(=O)Oc1ccccc1C(=O)O.CC(=O)Oc1ccccc1C(=O)[O-].[K+]. The molecule has 0 heterocycles. The fourth-order valence-electron chi connectivity index (χ4n) is 1.77. The second-order valence-electron chi connectivity index (χ2n) is 4.77. The van der Waals surface area contributed by atoms with E-state index < -0.39 is 23.9 Å². The molecule has 0 aromatic heterocycles. The molecule has 2 rings (SSSR count). The van der Waals surface area contributed by atoms with E-state index in [4.69, 9.17) is 5.11 Å². The normalized spacial score (nSPS) is 8.96. The van der Waals surface area contributed by atoms with Crippen molar-refractivity contribution in [3.05, 3.63) is 59.7 Å². The standard InChI is InChI=1S/2C9H8O4.K/c2*1-6(10)13-8-5-3-2-4-7(8)9(11)12;/h2*2-5H,1H3,(H,11,12);/q;;+1/p-1. The maximum absolute atomic E-state index is 10.6. The Labute approximate surface area is 197 Å². The van der Waals surface area contributed by atoms with Crippen LogP contribution in [0, 0.1) is 0 Å². The van der Waals surface area contributed by atoms with Crippen molar-refractivity contribution in [3.63, 3.8) is 0 Å². The topological polar surface area (TPSA) is 130 Å². The Morgan fingerprint density at radius 3 is 1.52 bits per heavy atom. The first-order valence-electron chi connectivity index (χ1n) is 7.22. The van der Waals surface area contributed by atoms with Gasteiger partial charge in [0.1, 0.15) is 17.1 Å². The number of aromatic carboxylic acids is 2. The molecule has 0 radical (unpaired) electrons. The summed E-state index contributed by atoms with van der Waals surface area (Å²) in [7, 11) is 0. The van der Waals surface area contributed by atoms with E-state index in [1.807, 2.05) is 0 Å². The van der Waals surface area contributed by atoms with Crippen LogP contribution in [0.15, 0.2) is 48.5 Å². The van der Waals surface area contributed by atoms with Gasteiger partial charge in [-0.15, -0.1) is 0 Å². The number of carbonyl (C=O) groups is 4. The summed E-state index contributed by atoms with van der Waals surface area (Å²) < 4.78 is 9.33. The predicted molar refractivity (Wildman–Crippen MR) is 86.8 cm³/mol. The van der Waals surface area contributed by atoms with Gasteiger partial charge in [-0.05, 0) is 24.3 Å². The van der Waals surface area contributed by atoms with Gasteiger partial charge in [-0.2, -0.15) is 0 Å². The Kier molecular flexibility index (Phi) is 11.4. The molecule has 136 valence electrons. The predicted octanol–water partition coefficient (Wildman–Crippen LogP) is -1.71. The average molecular weight is 398 g/mol. The van der Waals surface area contributed by atoms with E-state index in [-0.39, 0.29) is 74.0 Å². The third-order valence-electron chi connectivity index (χ3n) is 2.73. The number of ether oxygens (including phenoxy) is 2. The number of para-hydroxylation sites is 2. The minimum atomic E-state index is -1.36. The Hall–Kier alpha value is -2.04. The van der Waals surface area contributed by atoms with Crippen molar-refractivity contribution >= 4 is 23.9 Å². The van der Waals surface area contributed by atoms with Gasteiger partial charge >= 0.3 is 69.3 Å². The van der Waals surface area contributed by atoms with Crippen LogP contribution in [0.5, 0.6) is 11.5 Å². The molecule has 0 aliphatic carbocycles. The molecule has 2 aromatic rings. The number of carboxylic acid groups (broad SMARTS) is 2. The zero-order valence-electron chi connectivity index (χ0n) is 14.9. The molecule has 0 atom stereocenters. The monoisotopic (exact) mass is 398 g/mol. The molecule has 2 aromatic carbocycles. The van der Waals surface area contributed by atoms with Crippen LogP contribution >= 0.6 is 0 Å². The van der Waals surface area contributed by atoms with Crippen LogP contribution < -0.4 is 66.0 Å². The molecular weight excluding hydrogens is 383 g/mol. The number of carbonyl (C=O) groups excluding carboxylic acids is 3. The number of hydrogen-bond acceptors (Lipinski definition) is 7. The van der Waals surface area contributed by atoms with Gasteiger partial charge in [0.2, 0.25) is 0 Å². The van der Waals surface area contributed by atoms with Gasteiger partial charge in [0.05, 0.1) is 5.97 Å². The van der Waals surface area contributed by atoms with E-state index in [0.29, 0.717) is 0 Å². The van der Waals surface area contributed by atoms with E-state index in [1.165, 1.54) is 44.2 Å². The van der Waals surface area contributed by atoms with Gasteiger partial charge in [-0.1, -0.05) is 24.3 Å². The van der Waals surface area contributed by atoms with Crippen molar-refractivity contribution in [3.8, 4) is 11.5 Å². The summed E-state index contributed by atoms with van der Waals surface area (Å²) in [6, 6.07) is 11.8. The molecule has 9 heteroatoms. The number of rotatable bonds is 4. The zero-order valence-corrected chi connectivity index (χ0v) is 18.0. The quantitative estimate of drug-likeness (QED) is 0.366. The fraction of sp³-hybridized carbons (Fsp3) is 0.111. The summed E-state index contributed by atoms with van der Waals surface area (Å²) in [6.07, 6.45) is 0. The van der Waals surface area contributed by atoms with Crippen molar-refractivity contribution in [2.75, 3.05) is 0 Å². The van der Waals surface area contributed by atoms with Gasteiger partial charge in [-0.3, -0.25) is 9.59 Å². The van der Waals surface area contributed by atoms with Crippen LogP contribution in [0.4, 0.5) is 0 Å². The smallest absolute Gasteiger partial charge is 0.545 e. The molecule has 0 spiro atoms. The van der Waals surface area contributed by atoms with Crippen LogP contribution in [0.2, 0.25) is 0 Å². The second-order valence-corrected chi connectivity index (χ2v) is 4.77. The molecule has 27 heavy (non-hydrogen) atoms. The number of hydrogen-bond donors (Lipinski definition) is 1. The van der Waals surface area contributed by atoms with Gasteiger partial charge in [0.15, 0.2) is 0 Å². The zero-order chi connectivity index (χ0) is 19.7. The Morgan fingerprint density at radius 2 is 1.15 bits per heavy atom. The molecule has 0 saturated carbocycles. The van der Waals surface area contributed by atoms with Crippen LogP contribution in [-0.2, 0) is 9.59 Å². The minimum absolute atomic E-state index is 0. The van der Waals surface area contributed by atoms with Crippen LogP contribution in [-0.4, -0.2) is 29.0 Å². The van der Waals surface area contributed by atoms with Crippen molar-refractivity contribution in [1.82, 2.24) is 0 Å². The first-order chi connectivity index (χ1) is 12.2. The van der Waals surface area contributed by atoms with Crippen molar-refractivity contribution in [2.45, 2.75) is 13.8 Å². The summed E-state index contributed by atoms with van der Waals surface area (Å²) in [5.74, 6) is -3.49. The van der Waals surface area contributed by atoms with Crippen molar-refractivity contribution in [1.29, 1.82) is 0 Å². The van der Waals surface area contributed by atoms with Gasteiger partial charge < -0.3 is 24.5 Å². The van der Waals surface area contributed by atoms with Gasteiger partial charge in [0, 0.05) is 19.4 Å². The maximum atomic E-state index is 10.6. The molecule has 8 nitrogen and oxygen atoms in total. The maximum Gasteiger partial charge on any atom is 1.00 e. The molecule has 0 aliphatic heterocycles. The van der Waals surface area contributed by atoms with Crippen LogP contribution in [0.3, 0.4) is 0 Å². The van der Waals surface area contributed by atoms with Crippen LogP contribution in [0.25, 0.3) is 0 Å². The first kappa shape index (κ1) is 25.0. The molecule has 0 unspecified atom stereocenters. The third kappa shape index (κ3) is 8.93. The molecule has 1 N–H and O–H groups in total. The van der Waals surface area contributed by atoms with E-state index in [2.05, 4.69) is 9.47 Å². The third-order valence-corrected chi connectivity index (χ3v) is 2.73. The summed E-state index contributed by atoms with van der Waals surface area (Å²) in [5, 5.41) is 19.2. The van der Waals surface area contributed by atoms with Gasteiger partial charge in [0.25, 0.3) is 0 Å². The van der Waals surface area contributed by atoms with E-state index in [0.717, 1.165) is 0 Å². The van der Waals surface area contributed by atoms with Crippen LogP contribution in [0.1, 0.15) is 34.6 Å². The number of carboxylic acids is 2. The molecule has 0 amide bonds. The Morgan fingerprint density at radius 1 is 0.778 bits per heavy atom. The fourth-order valence-corrected chi connectivity index (χ4v) is 1.77. The van der Waals surface area contributed by atoms with Crippen molar-refractivity contribution in [2.24, 2.45) is 0 Å².